The molecule has 7 heteroatoms. The number of nitrogens with zero attached hydrogens (tertiary/aromatic N) is 1. The predicted molar refractivity (Wildman–Crippen MR) is 89.3 cm³/mol. The van der Waals surface area contributed by atoms with Crippen LogP contribution in [-0.4, -0.2) is 35.3 Å². The number of rotatable bonds is 6. The summed E-state index contributed by atoms with van der Waals surface area (Å²) in [6.07, 6.45) is 0. The van der Waals surface area contributed by atoms with Crippen molar-refractivity contribution < 1.29 is 4.79 Å². The van der Waals surface area contributed by atoms with Crippen LogP contribution >= 0.6 is 12.4 Å². The second-order valence-corrected chi connectivity index (χ2v) is 4.79. The monoisotopic (exact) mass is 324 g/mol. The number of aromatic amines is 1. The number of nitrogens with one attached hydrogen (secondary N) is 3. The van der Waals surface area contributed by atoms with Gasteiger partial charge in [-0.05, 0) is 25.6 Å². The van der Waals surface area contributed by atoms with Gasteiger partial charge >= 0.3 is 0 Å². The topological polar surface area (TPSA) is 78.9 Å². The number of hydrogen-bond donors (Lipinski definition) is 3. The molecule has 0 saturated carbocycles. The first-order valence-electron chi connectivity index (χ1n) is 7.00. The first-order valence-corrected chi connectivity index (χ1v) is 7.00. The summed E-state index contributed by atoms with van der Waals surface area (Å²) in [6.45, 7) is 6.05. The van der Waals surface area contributed by atoms with E-state index in [1.54, 1.807) is 0 Å². The average Bonchev–Trinajstić information content (AvgIpc) is 2.86. The van der Waals surface area contributed by atoms with E-state index in [9.17, 15) is 9.59 Å². The van der Waals surface area contributed by atoms with E-state index in [1.807, 2.05) is 38.1 Å². The van der Waals surface area contributed by atoms with Crippen LogP contribution in [0.25, 0.3) is 5.69 Å². The van der Waals surface area contributed by atoms with Crippen molar-refractivity contribution in [2.24, 2.45) is 0 Å². The van der Waals surface area contributed by atoms with Gasteiger partial charge < -0.3 is 10.6 Å². The van der Waals surface area contributed by atoms with Gasteiger partial charge in [0.2, 0.25) is 0 Å². The average molecular weight is 325 g/mol. The Kier molecular flexibility index (Phi) is 6.88. The maximum atomic E-state index is 11.9. The van der Waals surface area contributed by atoms with Crippen LogP contribution in [0.3, 0.4) is 0 Å². The summed E-state index contributed by atoms with van der Waals surface area (Å²) in [6, 6.07) is 8.81. The normalized spacial score (nSPS) is 10.1. The van der Waals surface area contributed by atoms with E-state index >= 15 is 0 Å². The molecule has 3 N–H and O–H groups in total. The standard InChI is InChI=1S/C15H20N4O2.ClH/c1-3-16-8-9-17-15(21)13-10-14(20)19(18-13)12-6-4-11(2)5-7-12;/h4-7,10,16,18H,3,8-9H2,1-2H3,(H,17,21);1H. The van der Waals surface area contributed by atoms with Gasteiger partial charge in [-0.2, -0.15) is 0 Å². The molecular formula is C15H21ClN4O2. The molecule has 0 atom stereocenters. The summed E-state index contributed by atoms with van der Waals surface area (Å²) in [4.78, 5) is 23.9. The van der Waals surface area contributed by atoms with Crippen LogP contribution in [0.4, 0.5) is 0 Å². The Hall–Kier alpha value is -2.05. The predicted octanol–water partition coefficient (Wildman–Crippen LogP) is 1.24. The van der Waals surface area contributed by atoms with Crippen molar-refractivity contribution in [2.75, 3.05) is 19.6 Å². The summed E-state index contributed by atoms with van der Waals surface area (Å²) < 4.78 is 1.36. The Morgan fingerprint density at radius 1 is 1.23 bits per heavy atom. The number of benzene rings is 1. The SMILES string of the molecule is CCNCCNC(=O)c1cc(=O)n(-c2ccc(C)cc2)[nH]1.Cl. The molecule has 1 heterocycles. The summed E-state index contributed by atoms with van der Waals surface area (Å²) in [5.74, 6) is -0.282. The van der Waals surface area contributed by atoms with Crippen LogP contribution in [0, 0.1) is 6.92 Å². The van der Waals surface area contributed by atoms with Crippen LogP contribution in [0.5, 0.6) is 0 Å². The highest BCUT2D eigenvalue weighted by Gasteiger charge is 2.11. The van der Waals surface area contributed by atoms with E-state index in [0.717, 1.165) is 12.1 Å². The molecule has 0 aliphatic carbocycles. The van der Waals surface area contributed by atoms with E-state index in [0.29, 0.717) is 18.8 Å². The highest BCUT2D eigenvalue weighted by Crippen LogP contribution is 2.06. The highest BCUT2D eigenvalue weighted by molar-refractivity contribution is 5.92. The lowest BCUT2D eigenvalue weighted by Gasteiger charge is -2.04. The van der Waals surface area contributed by atoms with Gasteiger partial charge in [-0.3, -0.25) is 14.7 Å². The molecule has 120 valence electrons. The van der Waals surface area contributed by atoms with Crippen molar-refractivity contribution in [3.63, 3.8) is 0 Å². The minimum Gasteiger partial charge on any atom is -0.349 e. The molecule has 0 fully saturated rings. The molecule has 2 aromatic rings. The maximum absolute atomic E-state index is 11.9. The van der Waals surface area contributed by atoms with E-state index in [1.165, 1.54) is 10.7 Å². The van der Waals surface area contributed by atoms with Gasteiger partial charge in [0.1, 0.15) is 5.69 Å². The maximum Gasteiger partial charge on any atom is 0.271 e. The van der Waals surface area contributed by atoms with Crippen LogP contribution in [0.1, 0.15) is 23.0 Å². The van der Waals surface area contributed by atoms with Gasteiger partial charge in [-0.15, -0.1) is 12.4 Å². The molecule has 0 bridgehead atoms. The zero-order valence-electron chi connectivity index (χ0n) is 12.7. The first-order chi connectivity index (χ1) is 10.1. The highest BCUT2D eigenvalue weighted by atomic mass is 35.5. The smallest absolute Gasteiger partial charge is 0.271 e. The van der Waals surface area contributed by atoms with Gasteiger partial charge in [0, 0.05) is 19.2 Å². The van der Waals surface area contributed by atoms with E-state index in [2.05, 4.69) is 15.7 Å². The number of amides is 1. The Morgan fingerprint density at radius 2 is 1.91 bits per heavy atom. The molecule has 22 heavy (non-hydrogen) atoms. The van der Waals surface area contributed by atoms with E-state index < -0.39 is 0 Å². The second-order valence-electron chi connectivity index (χ2n) is 4.79. The molecule has 0 unspecified atom stereocenters. The van der Waals surface area contributed by atoms with Crippen LogP contribution < -0.4 is 16.2 Å². The van der Waals surface area contributed by atoms with E-state index in [-0.39, 0.29) is 29.6 Å². The van der Waals surface area contributed by atoms with Crippen molar-refractivity contribution in [3.8, 4) is 5.69 Å². The lowest BCUT2D eigenvalue weighted by molar-refractivity contribution is 0.0948. The Morgan fingerprint density at radius 3 is 2.55 bits per heavy atom. The molecule has 2 rings (SSSR count). The van der Waals surface area contributed by atoms with Crippen LogP contribution in [0.2, 0.25) is 0 Å². The fourth-order valence-corrected chi connectivity index (χ4v) is 1.93. The number of likely N-dealkylation sites (N-methyl/N-ethyl adjacent to an activating group) is 1. The quantitative estimate of drug-likeness (QED) is 0.699. The Bertz CT molecular complexity index is 661. The third-order valence-corrected chi connectivity index (χ3v) is 3.09. The lowest BCUT2D eigenvalue weighted by atomic mass is 10.2. The van der Waals surface area contributed by atoms with Crippen molar-refractivity contribution in [1.29, 1.82) is 0 Å². The van der Waals surface area contributed by atoms with Gasteiger partial charge in [0.15, 0.2) is 0 Å². The van der Waals surface area contributed by atoms with Gasteiger partial charge in [-0.1, -0.05) is 24.6 Å². The number of aromatic nitrogens is 2. The van der Waals surface area contributed by atoms with Crippen molar-refractivity contribution in [3.05, 3.63) is 51.9 Å². The molecule has 0 saturated heterocycles. The third-order valence-electron chi connectivity index (χ3n) is 3.09. The fraction of sp³-hybridized carbons (Fsp3) is 0.333. The van der Waals surface area contributed by atoms with Gasteiger partial charge in [0.05, 0.1) is 5.69 Å². The number of halogens is 1. The zero-order chi connectivity index (χ0) is 15.2. The van der Waals surface area contributed by atoms with Crippen LogP contribution in [-0.2, 0) is 0 Å². The molecule has 6 nitrogen and oxygen atoms in total. The number of carbonyl (C=O) groups excluding carboxylic acids is 1. The molecule has 1 aromatic heterocycles. The van der Waals surface area contributed by atoms with Gasteiger partial charge in [0.25, 0.3) is 11.5 Å². The molecule has 0 aliphatic heterocycles. The minimum absolute atomic E-state index is 0. The number of H-pyrrole nitrogens is 1. The van der Waals surface area contributed by atoms with E-state index in [4.69, 9.17) is 0 Å². The lowest BCUT2D eigenvalue weighted by Crippen LogP contribution is -2.32. The summed E-state index contributed by atoms with van der Waals surface area (Å²) in [7, 11) is 0. The Balaban J connectivity index is 0.00000242. The second kappa shape index (κ2) is 8.41. The number of aryl methyl sites for hydroxylation is 1. The van der Waals surface area contributed by atoms with Crippen molar-refractivity contribution in [1.82, 2.24) is 20.4 Å². The molecule has 1 aromatic carbocycles. The van der Waals surface area contributed by atoms with Gasteiger partial charge in [-0.25, -0.2) is 4.68 Å². The summed E-state index contributed by atoms with van der Waals surface area (Å²) in [5.41, 5.74) is 1.82. The molecule has 0 aliphatic rings. The largest absolute Gasteiger partial charge is 0.349 e. The minimum atomic E-state index is -0.282. The number of hydrogen-bond acceptors (Lipinski definition) is 3. The van der Waals surface area contributed by atoms with Crippen molar-refractivity contribution in [2.45, 2.75) is 13.8 Å². The first kappa shape index (κ1) is 18.0. The molecular weight excluding hydrogens is 304 g/mol. The Labute approximate surface area is 135 Å². The fourth-order valence-electron chi connectivity index (χ4n) is 1.93. The number of carbonyl (C=O) groups is 1. The molecule has 0 radical (unpaired) electrons. The van der Waals surface area contributed by atoms with Crippen molar-refractivity contribution >= 4 is 18.3 Å². The third kappa shape index (κ3) is 4.47. The zero-order valence-corrected chi connectivity index (χ0v) is 13.5. The molecule has 1 amide bonds. The summed E-state index contributed by atoms with van der Waals surface area (Å²) >= 11 is 0. The molecule has 0 spiro atoms. The summed E-state index contributed by atoms with van der Waals surface area (Å²) in [5, 5.41) is 8.69. The van der Waals surface area contributed by atoms with Crippen LogP contribution in [0.15, 0.2) is 35.1 Å².